The zero-order valence-electron chi connectivity index (χ0n) is 16.8. The summed E-state index contributed by atoms with van der Waals surface area (Å²) in [5.41, 5.74) is 3.10. The van der Waals surface area contributed by atoms with Gasteiger partial charge in [0, 0.05) is 29.6 Å². The molecule has 140 valence electrons. The van der Waals surface area contributed by atoms with Crippen LogP contribution in [0.1, 0.15) is 33.3 Å². The quantitative estimate of drug-likeness (QED) is 0.453. The first-order chi connectivity index (χ1) is 12.9. The van der Waals surface area contributed by atoms with Gasteiger partial charge in [-0.2, -0.15) is 5.26 Å². The molecule has 0 spiro atoms. The molecule has 0 unspecified atom stereocenters. The van der Waals surface area contributed by atoms with Crippen LogP contribution in [0.3, 0.4) is 0 Å². The number of hydrogen-bond acceptors (Lipinski definition) is 2. The summed E-state index contributed by atoms with van der Waals surface area (Å²) in [6.07, 6.45) is 9.15. The van der Waals surface area contributed by atoms with E-state index in [0.29, 0.717) is 11.3 Å². The average molecular weight is 362 g/mol. The Morgan fingerprint density at radius 1 is 1.22 bits per heavy atom. The molecule has 1 rings (SSSR count). The molecular formula is C24H27FN2. The summed E-state index contributed by atoms with van der Waals surface area (Å²) >= 11 is 0. The van der Waals surface area contributed by atoms with E-state index in [1.807, 2.05) is 52.0 Å². The third kappa shape index (κ3) is 8.56. The van der Waals surface area contributed by atoms with Gasteiger partial charge in [-0.3, -0.25) is 0 Å². The van der Waals surface area contributed by atoms with Crippen molar-refractivity contribution in [2.45, 2.75) is 27.7 Å². The van der Waals surface area contributed by atoms with E-state index in [1.165, 1.54) is 12.1 Å². The molecule has 3 heteroatoms. The van der Waals surface area contributed by atoms with E-state index >= 15 is 0 Å². The Balaban J connectivity index is 0.00000326. The highest BCUT2D eigenvalue weighted by Gasteiger charge is 2.07. The molecule has 2 nitrogen and oxygen atoms in total. The van der Waals surface area contributed by atoms with E-state index in [9.17, 15) is 4.39 Å². The van der Waals surface area contributed by atoms with Crippen LogP contribution in [-0.4, -0.2) is 7.05 Å². The Morgan fingerprint density at radius 3 is 2.44 bits per heavy atom. The van der Waals surface area contributed by atoms with Crippen LogP contribution < -0.4 is 4.90 Å². The zero-order valence-corrected chi connectivity index (χ0v) is 16.8. The molecule has 0 bridgehead atoms. The minimum atomic E-state index is -0.447. The van der Waals surface area contributed by atoms with Crippen molar-refractivity contribution in [1.29, 1.82) is 5.26 Å². The van der Waals surface area contributed by atoms with Crippen molar-refractivity contribution in [1.82, 2.24) is 0 Å². The van der Waals surface area contributed by atoms with Gasteiger partial charge in [-0.1, -0.05) is 57.1 Å². The molecule has 0 amide bonds. The average Bonchev–Trinajstić information content (AvgIpc) is 2.68. The number of benzene rings is 1. The standard InChI is InChI=1S/C22H21FN2.C2H6/c1-6-8-9-19(7-2)11-10-17(3)12-18(4)25(5)22-14-20(16-24)13-21(23)15-22;1-2/h6-9,12-15H,2-3H2,1,4-5H3;1-2H3/b8-6-,18-12-,19-9+;. The molecule has 0 aromatic heterocycles. The molecule has 0 radical (unpaired) electrons. The first-order valence-electron chi connectivity index (χ1n) is 8.70. The summed E-state index contributed by atoms with van der Waals surface area (Å²) in [5.74, 6) is 5.51. The van der Waals surface area contributed by atoms with Crippen LogP contribution in [0, 0.1) is 29.0 Å². The monoisotopic (exact) mass is 362 g/mol. The number of hydrogen-bond donors (Lipinski definition) is 0. The summed E-state index contributed by atoms with van der Waals surface area (Å²) < 4.78 is 13.6. The second-order valence-electron chi connectivity index (χ2n) is 5.28. The summed E-state index contributed by atoms with van der Waals surface area (Å²) in [6.45, 7) is 15.4. The second kappa shape index (κ2) is 13.0. The Kier molecular flexibility index (Phi) is 11.4. The normalized spacial score (nSPS) is 10.9. The highest BCUT2D eigenvalue weighted by atomic mass is 19.1. The molecule has 27 heavy (non-hydrogen) atoms. The fraction of sp³-hybridized carbons (Fsp3) is 0.208. The molecule has 0 saturated heterocycles. The van der Waals surface area contributed by atoms with Crippen molar-refractivity contribution in [3.05, 3.63) is 90.0 Å². The number of nitriles is 1. The lowest BCUT2D eigenvalue weighted by atomic mass is 10.1. The van der Waals surface area contributed by atoms with Gasteiger partial charge in [0.1, 0.15) is 5.82 Å². The molecule has 0 fully saturated rings. The maximum Gasteiger partial charge on any atom is 0.126 e. The van der Waals surface area contributed by atoms with Gasteiger partial charge in [0.2, 0.25) is 0 Å². The molecule has 0 aliphatic carbocycles. The van der Waals surface area contributed by atoms with Gasteiger partial charge in [-0.25, -0.2) is 4.39 Å². The molecule has 0 aliphatic rings. The van der Waals surface area contributed by atoms with Crippen LogP contribution in [0.4, 0.5) is 10.1 Å². The Morgan fingerprint density at radius 2 is 1.89 bits per heavy atom. The van der Waals surface area contributed by atoms with Crippen LogP contribution in [0.2, 0.25) is 0 Å². The number of nitrogens with zero attached hydrogens (tertiary/aromatic N) is 2. The number of halogens is 1. The van der Waals surface area contributed by atoms with E-state index in [-0.39, 0.29) is 5.56 Å². The summed E-state index contributed by atoms with van der Waals surface area (Å²) in [6, 6.07) is 6.16. The first-order valence-corrected chi connectivity index (χ1v) is 8.70. The van der Waals surface area contributed by atoms with Crippen LogP contribution in [0.15, 0.2) is 78.6 Å². The Hall–Kier alpha value is -3.30. The van der Waals surface area contributed by atoms with Crippen molar-refractivity contribution in [3.8, 4) is 17.9 Å². The molecule has 0 N–H and O–H groups in total. The Bertz CT molecular complexity index is 853. The minimum absolute atomic E-state index is 0.276. The maximum atomic E-state index is 13.6. The third-order valence-electron chi connectivity index (χ3n) is 3.37. The van der Waals surface area contributed by atoms with Crippen molar-refractivity contribution in [2.24, 2.45) is 0 Å². The molecule has 0 heterocycles. The smallest absolute Gasteiger partial charge is 0.126 e. The first kappa shape index (κ1) is 23.7. The minimum Gasteiger partial charge on any atom is -0.348 e. The molecule has 0 aliphatic heterocycles. The third-order valence-corrected chi connectivity index (χ3v) is 3.37. The van der Waals surface area contributed by atoms with Crippen molar-refractivity contribution >= 4 is 5.69 Å². The fourth-order valence-electron chi connectivity index (χ4n) is 1.93. The zero-order chi connectivity index (χ0) is 20.8. The lowest BCUT2D eigenvalue weighted by Gasteiger charge is -2.20. The number of anilines is 1. The highest BCUT2D eigenvalue weighted by Crippen LogP contribution is 2.21. The van der Waals surface area contributed by atoms with Gasteiger partial charge >= 0.3 is 0 Å². The Labute approximate surface area is 163 Å². The second-order valence-corrected chi connectivity index (χ2v) is 5.28. The van der Waals surface area contributed by atoms with Gasteiger partial charge in [-0.05, 0) is 44.2 Å². The van der Waals surface area contributed by atoms with E-state index in [2.05, 4.69) is 25.0 Å². The topological polar surface area (TPSA) is 27.0 Å². The molecule has 1 aromatic rings. The van der Waals surface area contributed by atoms with E-state index in [0.717, 1.165) is 11.3 Å². The van der Waals surface area contributed by atoms with Crippen LogP contribution >= 0.6 is 0 Å². The van der Waals surface area contributed by atoms with Crippen LogP contribution in [0.25, 0.3) is 0 Å². The maximum absolute atomic E-state index is 13.6. The van der Waals surface area contributed by atoms with E-state index in [4.69, 9.17) is 5.26 Å². The molecule has 0 atom stereocenters. The predicted molar refractivity (Wildman–Crippen MR) is 115 cm³/mol. The predicted octanol–water partition coefficient (Wildman–Crippen LogP) is 6.31. The SMILES string of the molecule is C=C/C(C#CC(=C)/C=C(/C)N(C)c1cc(F)cc(C#N)c1)=C\C=C/C.CC. The van der Waals surface area contributed by atoms with Crippen molar-refractivity contribution in [2.75, 3.05) is 11.9 Å². The lowest BCUT2D eigenvalue weighted by molar-refractivity contribution is 0.627. The molecule has 0 saturated carbocycles. The van der Waals surface area contributed by atoms with Crippen LogP contribution in [-0.2, 0) is 0 Å². The molecular weight excluding hydrogens is 335 g/mol. The largest absolute Gasteiger partial charge is 0.348 e. The lowest BCUT2D eigenvalue weighted by Crippen LogP contribution is -2.14. The van der Waals surface area contributed by atoms with Crippen molar-refractivity contribution < 1.29 is 4.39 Å². The molecule has 1 aromatic carbocycles. The van der Waals surface area contributed by atoms with Gasteiger partial charge in [-0.15, -0.1) is 0 Å². The highest BCUT2D eigenvalue weighted by molar-refractivity contribution is 5.57. The van der Waals surface area contributed by atoms with Crippen molar-refractivity contribution in [3.63, 3.8) is 0 Å². The van der Waals surface area contributed by atoms with Crippen LogP contribution in [0.5, 0.6) is 0 Å². The number of allylic oxidation sites excluding steroid dienone is 8. The van der Waals surface area contributed by atoms with E-state index in [1.54, 1.807) is 30.2 Å². The van der Waals surface area contributed by atoms with Gasteiger partial charge in [0.05, 0.1) is 11.6 Å². The van der Waals surface area contributed by atoms with Gasteiger partial charge < -0.3 is 4.90 Å². The summed E-state index contributed by atoms with van der Waals surface area (Å²) in [4.78, 5) is 1.78. The summed E-state index contributed by atoms with van der Waals surface area (Å²) in [5, 5.41) is 8.96. The number of rotatable bonds is 5. The van der Waals surface area contributed by atoms with Gasteiger partial charge in [0.15, 0.2) is 0 Å². The van der Waals surface area contributed by atoms with Gasteiger partial charge in [0.25, 0.3) is 0 Å². The summed E-state index contributed by atoms with van der Waals surface area (Å²) in [7, 11) is 1.80. The fourth-order valence-corrected chi connectivity index (χ4v) is 1.93. The van der Waals surface area contributed by atoms with E-state index < -0.39 is 5.82 Å².